The predicted octanol–water partition coefficient (Wildman–Crippen LogP) is 4.71. The van der Waals surface area contributed by atoms with Crippen LogP contribution in [0.1, 0.15) is 34.6 Å². The van der Waals surface area contributed by atoms with Gasteiger partial charge in [-0.05, 0) is 50.2 Å². The minimum Gasteiger partial charge on any atom is -0.395 e. The Kier molecular flexibility index (Phi) is 6.46. The van der Waals surface area contributed by atoms with E-state index in [0.29, 0.717) is 22.5 Å². The molecule has 8 nitrogen and oxygen atoms in total. The van der Waals surface area contributed by atoms with Crippen molar-refractivity contribution in [2.45, 2.75) is 36.0 Å². The van der Waals surface area contributed by atoms with Crippen LogP contribution < -0.4 is 8.61 Å². The second-order valence-corrected chi connectivity index (χ2v) is 13.7. The standard InChI is InChI=1S/C30H29N3O5S2/c1-21-11-15-23(16-12-21)39(35,36)32-27-9-5-3-7-25(27)30-31(19-20-34)29(32)26-8-4-6-10-28(26)33(30)40(37,38)24-17-13-22(2)14-18-24/h3-18,29-30,34H,19-20H2,1-2H3. The fourth-order valence-electron chi connectivity index (χ4n) is 5.62. The molecular weight excluding hydrogens is 546 g/mol. The number of para-hydroxylation sites is 2. The molecule has 1 N–H and O–H groups in total. The van der Waals surface area contributed by atoms with Crippen LogP contribution in [0, 0.1) is 13.8 Å². The van der Waals surface area contributed by atoms with Crippen LogP contribution in [0.2, 0.25) is 0 Å². The lowest BCUT2D eigenvalue weighted by Crippen LogP contribution is -2.59. The highest BCUT2D eigenvalue weighted by molar-refractivity contribution is 7.93. The third kappa shape index (κ3) is 4.02. The van der Waals surface area contributed by atoms with Gasteiger partial charge in [-0.25, -0.2) is 25.4 Å². The second-order valence-electron chi connectivity index (χ2n) is 10.1. The van der Waals surface area contributed by atoms with E-state index in [-0.39, 0.29) is 22.9 Å². The van der Waals surface area contributed by atoms with Crippen LogP contribution in [0.15, 0.2) is 107 Å². The van der Waals surface area contributed by atoms with Crippen molar-refractivity contribution in [2.75, 3.05) is 21.8 Å². The van der Waals surface area contributed by atoms with E-state index in [0.717, 1.165) is 11.1 Å². The maximum atomic E-state index is 14.4. The molecular formula is C30H29N3O5S2. The molecule has 6 rings (SSSR count). The van der Waals surface area contributed by atoms with Gasteiger partial charge in [-0.1, -0.05) is 71.8 Å². The number of fused-ring (bicyclic) bond motifs is 6. The van der Waals surface area contributed by atoms with Gasteiger partial charge in [0.15, 0.2) is 0 Å². The van der Waals surface area contributed by atoms with Crippen molar-refractivity contribution >= 4 is 31.4 Å². The number of rotatable bonds is 6. The quantitative estimate of drug-likeness (QED) is 0.358. The third-order valence-corrected chi connectivity index (χ3v) is 11.1. The van der Waals surface area contributed by atoms with Crippen molar-refractivity contribution < 1.29 is 21.9 Å². The summed E-state index contributed by atoms with van der Waals surface area (Å²) in [6, 6.07) is 27.3. The summed E-state index contributed by atoms with van der Waals surface area (Å²) in [5, 5.41) is 10.2. The van der Waals surface area contributed by atoms with E-state index in [4.69, 9.17) is 0 Å². The average molecular weight is 576 g/mol. The summed E-state index contributed by atoms with van der Waals surface area (Å²) in [5.41, 5.74) is 3.66. The number of hydrogen-bond donors (Lipinski definition) is 1. The van der Waals surface area contributed by atoms with Crippen LogP contribution in [0.5, 0.6) is 0 Å². The van der Waals surface area contributed by atoms with Crippen LogP contribution in [0.25, 0.3) is 0 Å². The smallest absolute Gasteiger partial charge is 0.265 e. The Morgan fingerprint density at radius 1 is 0.600 bits per heavy atom. The molecule has 40 heavy (non-hydrogen) atoms. The lowest BCUT2D eigenvalue weighted by Gasteiger charge is -2.55. The number of aryl methyl sites for hydroxylation is 2. The molecule has 0 saturated heterocycles. The van der Waals surface area contributed by atoms with Crippen LogP contribution in [-0.4, -0.2) is 40.0 Å². The Labute approximate surface area is 234 Å². The number of aliphatic hydroxyl groups excluding tert-OH is 1. The van der Waals surface area contributed by atoms with E-state index < -0.39 is 32.4 Å². The van der Waals surface area contributed by atoms with Gasteiger partial charge in [0.2, 0.25) is 0 Å². The molecule has 0 aromatic heterocycles. The number of anilines is 2. The summed E-state index contributed by atoms with van der Waals surface area (Å²) in [6.45, 7) is 3.52. The predicted molar refractivity (Wildman–Crippen MR) is 154 cm³/mol. The number of benzene rings is 4. The van der Waals surface area contributed by atoms with Crippen molar-refractivity contribution in [2.24, 2.45) is 0 Å². The normalized spacial score (nSPS) is 18.8. The van der Waals surface area contributed by atoms with Gasteiger partial charge >= 0.3 is 0 Å². The number of aliphatic hydroxyl groups is 1. The Hall–Kier alpha value is -3.70. The molecule has 4 aromatic rings. The zero-order chi connectivity index (χ0) is 28.2. The van der Waals surface area contributed by atoms with Gasteiger partial charge in [0.1, 0.15) is 12.3 Å². The molecule has 0 amide bonds. The van der Waals surface area contributed by atoms with Crippen LogP contribution in [0.3, 0.4) is 0 Å². The molecule has 0 saturated carbocycles. The van der Waals surface area contributed by atoms with Crippen LogP contribution in [0.4, 0.5) is 11.4 Å². The van der Waals surface area contributed by atoms with Crippen molar-refractivity contribution in [1.29, 1.82) is 0 Å². The molecule has 2 aliphatic heterocycles. The topological polar surface area (TPSA) is 98.2 Å². The first kappa shape index (κ1) is 26.5. The Morgan fingerprint density at radius 3 is 1.35 bits per heavy atom. The van der Waals surface area contributed by atoms with E-state index in [9.17, 15) is 21.9 Å². The third-order valence-electron chi connectivity index (χ3n) is 7.49. The largest absolute Gasteiger partial charge is 0.395 e. The highest BCUT2D eigenvalue weighted by Gasteiger charge is 2.54. The molecule has 2 bridgehead atoms. The van der Waals surface area contributed by atoms with E-state index in [1.807, 2.05) is 13.8 Å². The van der Waals surface area contributed by atoms with Gasteiger partial charge in [0.05, 0.1) is 27.8 Å². The van der Waals surface area contributed by atoms with Gasteiger partial charge in [0.25, 0.3) is 20.0 Å². The van der Waals surface area contributed by atoms with Gasteiger partial charge in [-0.3, -0.25) is 4.90 Å². The highest BCUT2D eigenvalue weighted by atomic mass is 32.2. The first-order valence-corrected chi connectivity index (χ1v) is 15.8. The minimum atomic E-state index is -4.10. The summed E-state index contributed by atoms with van der Waals surface area (Å²) in [6.07, 6.45) is -1.78. The molecule has 2 atom stereocenters. The molecule has 2 heterocycles. The minimum absolute atomic E-state index is 0.0395. The Bertz CT molecular complexity index is 1660. The number of hydrogen-bond acceptors (Lipinski definition) is 6. The average Bonchev–Trinajstić information content (AvgIpc) is 2.94. The van der Waals surface area contributed by atoms with E-state index in [1.165, 1.54) is 8.61 Å². The fourth-order valence-corrected chi connectivity index (χ4v) is 8.88. The van der Waals surface area contributed by atoms with E-state index >= 15 is 0 Å². The first-order valence-electron chi connectivity index (χ1n) is 12.9. The summed E-state index contributed by atoms with van der Waals surface area (Å²) < 4.78 is 60.2. The summed E-state index contributed by atoms with van der Waals surface area (Å²) in [5.74, 6) is 0. The molecule has 0 spiro atoms. The van der Waals surface area contributed by atoms with Crippen molar-refractivity contribution in [3.8, 4) is 0 Å². The molecule has 0 aliphatic carbocycles. The summed E-state index contributed by atoms with van der Waals surface area (Å²) in [7, 11) is -8.21. The molecule has 2 unspecified atom stereocenters. The molecule has 2 aliphatic rings. The molecule has 0 radical (unpaired) electrons. The summed E-state index contributed by atoms with van der Waals surface area (Å²) in [4.78, 5) is 2.01. The van der Waals surface area contributed by atoms with Crippen LogP contribution >= 0.6 is 0 Å². The Morgan fingerprint density at radius 2 is 0.975 bits per heavy atom. The number of sulfonamides is 2. The van der Waals surface area contributed by atoms with E-state index in [1.54, 1.807) is 102 Å². The lowest BCUT2D eigenvalue weighted by atomic mass is 9.96. The van der Waals surface area contributed by atoms with Gasteiger partial charge in [-0.15, -0.1) is 0 Å². The number of nitrogens with zero attached hydrogens (tertiary/aromatic N) is 3. The summed E-state index contributed by atoms with van der Waals surface area (Å²) >= 11 is 0. The Balaban J connectivity index is 1.65. The second kappa shape index (κ2) is 9.74. The SMILES string of the molecule is Cc1ccc(S(=O)(=O)N2c3ccccc3C3N(CCO)C2c2ccccc2N3S(=O)(=O)c2ccc(C)cc2)cc1. The van der Waals surface area contributed by atoms with Gasteiger partial charge in [-0.2, -0.15) is 0 Å². The molecule has 10 heteroatoms. The molecule has 4 aromatic carbocycles. The highest BCUT2D eigenvalue weighted by Crippen LogP contribution is 2.56. The lowest BCUT2D eigenvalue weighted by molar-refractivity contribution is 0.0949. The van der Waals surface area contributed by atoms with Crippen molar-refractivity contribution in [3.63, 3.8) is 0 Å². The maximum absolute atomic E-state index is 14.4. The monoisotopic (exact) mass is 575 g/mol. The molecule has 206 valence electrons. The zero-order valence-corrected chi connectivity index (χ0v) is 23.7. The zero-order valence-electron chi connectivity index (χ0n) is 22.0. The van der Waals surface area contributed by atoms with Gasteiger partial charge < -0.3 is 5.11 Å². The van der Waals surface area contributed by atoms with Crippen molar-refractivity contribution in [1.82, 2.24) is 4.90 Å². The van der Waals surface area contributed by atoms with Gasteiger partial charge in [0, 0.05) is 17.7 Å². The van der Waals surface area contributed by atoms with E-state index in [2.05, 4.69) is 0 Å². The van der Waals surface area contributed by atoms with Crippen molar-refractivity contribution in [3.05, 3.63) is 119 Å². The fraction of sp³-hybridized carbons (Fsp3) is 0.200. The van der Waals surface area contributed by atoms with Crippen LogP contribution in [-0.2, 0) is 20.0 Å². The maximum Gasteiger partial charge on any atom is 0.265 e. The first-order chi connectivity index (χ1) is 19.2. The molecule has 0 fully saturated rings.